The van der Waals surface area contributed by atoms with Crippen LogP contribution >= 0.6 is 0 Å². The molecule has 1 aromatic heterocycles. The Morgan fingerprint density at radius 2 is 1.83 bits per heavy atom. The van der Waals surface area contributed by atoms with Crippen LogP contribution in [0.4, 0.5) is 5.95 Å². The van der Waals surface area contributed by atoms with E-state index in [1.54, 1.807) is 6.20 Å². The van der Waals surface area contributed by atoms with Crippen molar-refractivity contribution in [2.24, 2.45) is 0 Å². The van der Waals surface area contributed by atoms with Crippen molar-refractivity contribution >= 4 is 5.95 Å². The van der Waals surface area contributed by atoms with Gasteiger partial charge in [-0.15, -0.1) is 0 Å². The van der Waals surface area contributed by atoms with Crippen LogP contribution in [0.1, 0.15) is 26.7 Å². The van der Waals surface area contributed by atoms with E-state index in [4.69, 9.17) is 4.74 Å². The van der Waals surface area contributed by atoms with E-state index in [1.165, 1.54) is 45.6 Å². The number of nitrogens with zero attached hydrogens (tertiary/aromatic N) is 5. The molecule has 2 fully saturated rings. The summed E-state index contributed by atoms with van der Waals surface area (Å²) in [6.07, 6.45) is 4.20. The Labute approximate surface area is 139 Å². The number of piperidine rings is 1. The van der Waals surface area contributed by atoms with Gasteiger partial charge in [0.1, 0.15) is 0 Å². The fourth-order valence-corrected chi connectivity index (χ4v) is 3.59. The Morgan fingerprint density at radius 3 is 2.48 bits per heavy atom. The van der Waals surface area contributed by atoms with Gasteiger partial charge in [-0.1, -0.05) is 6.92 Å². The minimum atomic E-state index is 0.641. The third-order valence-corrected chi connectivity index (χ3v) is 5.03. The molecule has 2 aliphatic rings. The van der Waals surface area contributed by atoms with Gasteiger partial charge in [0.2, 0.25) is 11.8 Å². The van der Waals surface area contributed by atoms with Gasteiger partial charge in [0.15, 0.2) is 0 Å². The number of hydrogen-bond acceptors (Lipinski definition) is 6. The molecule has 0 aromatic carbocycles. The van der Waals surface area contributed by atoms with Crippen molar-refractivity contribution < 1.29 is 4.74 Å². The maximum absolute atomic E-state index is 5.48. The SMILES string of the molecule is CCOc1ccnc(N2CCC(N3CCN(CC)CC3)CC2)n1. The molecule has 0 amide bonds. The second-order valence-corrected chi connectivity index (χ2v) is 6.32. The molecule has 0 unspecified atom stereocenters. The van der Waals surface area contributed by atoms with Crippen LogP contribution in [0.15, 0.2) is 12.3 Å². The van der Waals surface area contributed by atoms with Crippen LogP contribution in [-0.4, -0.2) is 78.2 Å². The standard InChI is InChI=1S/C17H29N5O/c1-3-20-11-13-21(14-12-20)15-6-9-22(10-7-15)17-18-8-5-16(19-17)23-4-2/h5,8,15H,3-4,6-7,9-14H2,1-2H3. The summed E-state index contributed by atoms with van der Waals surface area (Å²) in [6, 6.07) is 2.55. The van der Waals surface area contributed by atoms with E-state index < -0.39 is 0 Å². The second kappa shape index (κ2) is 7.93. The van der Waals surface area contributed by atoms with E-state index in [0.717, 1.165) is 25.1 Å². The van der Waals surface area contributed by atoms with Crippen molar-refractivity contribution in [2.45, 2.75) is 32.7 Å². The van der Waals surface area contributed by atoms with Crippen LogP contribution in [0.25, 0.3) is 0 Å². The predicted octanol–water partition coefficient (Wildman–Crippen LogP) is 1.48. The summed E-state index contributed by atoms with van der Waals surface area (Å²) in [7, 11) is 0. The quantitative estimate of drug-likeness (QED) is 0.819. The molecule has 0 N–H and O–H groups in total. The Bertz CT molecular complexity index is 482. The topological polar surface area (TPSA) is 44.7 Å². The fourth-order valence-electron chi connectivity index (χ4n) is 3.59. The summed E-state index contributed by atoms with van der Waals surface area (Å²) in [5.74, 6) is 1.49. The largest absolute Gasteiger partial charge is 0.478 e. The maximum atomic E-state index is 5.48. The average Bonchev–Trinajstić information content (AvgIpc) is 2.62. The molecule has 3 heterocycles. The third-order valence-electron chi connectivity index (χ3n) is 5.03. The van der Waals surface area contributed by atoms with Crippen LogP contribution in [-0.2, 0) is 0 Å². The first-order valence-corrected chi connectivity index (χ1v) is 8.97. The lowest BCUT2D eigenvalue weighted by atomic mass is 10.0. The van der Waals surface area contributed by atoms with E-state index in [-0.39, 0.29) is 0 Å². The summed E-state index contributed by atoms with van der Waals surface area (Å²) in [6.45, 7) is 13.0. The Hall–Kier alpha value is -1.40. The van der Waals surface area contributed by atoms with Crippen molar-refractivity contribution in [1.82, 2.24) is 19.8 Å². The van der Waals surface area contributed by atoms with E-state index in [2.05, 4.69) is 31.6 Å². The number of hydrogen-bond donors (Lipinski definition) is 0. The van der Waals surface area contributed by atoms with Crippen molar-refractivity contribution in [3.8, 4) is 5.88 Å². The highest BCUT2D eigenvalue weighted by atomic mass is 16.5. The monoisotopic (exact) mass is 319 g/mol. The highest BCUT2D eigenvalue weighted by Crippen LogP contribution is 2.22. The molecule has 6 heteroatoms. The van der Waals surface area contributed by atoms with Crippen LogP contribution in [0, 0.1) is 0 Å². The van der Waals surface area contributed by atoms with Gasteiger partial charge in [0.05, 0.1) is 6.61 Å². The highest BCUT2D eigenvalue weighted by molar-refractivity contribution is 5.32. The van der Waals surface area contributed by atoms with Crippen LogP contribution in [0.3, 0.4) is 0 Å². The van der Waals surface area contributed by atoms with E-state index in [1.807, 2.05) is 13.0 Å². The Morgan fingerprint density at radius 1 is 1.09 bits per heavy atom. The molecular formula is C17H29N5O. The highest BCUT2D eigenvalue weighted by Gasteiger charge is 2.27. The maximum Gasteiger partial charge on any atom is 0.228 e. The zero-order valence-electron chi connectivity index (χ0n) is 14.4. The fraction of sp³-hybridized carbons (Fsp3) is 0.765. The van der Waals surface area contributed by atoms with Gasteiger partial charge in [-0.25, -0.2) is 4.98 Å². The predicted molar refractivity (Wildman–Crippen MR) is 92.1 cm³/mol. The summed E-state index contributed by atoms with van der Waals surface area (Å²) in [4.78, 5) is 16.5. The molecule has 0 aliphatic carbocycles. The van der Waals surface area contributed by atoms with Gasteiger partial charge < -0.3 is 14.5 Å². The van der Waals surface area contributed by atoms with Gasteiger partial charge in [0.25, 0.3) is 0 Å². The van der Waals surface area contributed by atoms with Gasteiger partial charge in [-0.2, -0.15) is 4.98 Å². The number of aromatic nitrogens is 2. The lowest BCUT2D eigenvalue weighted by Gasteiger charge is -2.42. The summed E-state index contributed by atoms with van der Waals surface area (Å²) in [5, 5.41) is 0. The molecule has 128 valence electrons. The summed E-state index contributed by atoms with van der Waals surface area (Å²) >= 11 is 0. The molecule has 6 nitrogen and oxygen atoms in total. The first-order chi connectivity index (χ1) is 11.3. The van der Waals surface area contributed by atoms with E-state index >= 15 is 0 Å². The van der Waals surface area contributed by atoms with Crippen LogP contribution in [0.2, 0.25) is 0 Å². The molecule has 0 spiro atoms. The minimum absolute atomic E-state index is 0.641. The molecule has 1 aromatic rings. The number of rotatable bonds is 5. The zero-order chi connectivity index (χ0) is 16.1. The normalized spacial score (nSPS) is 21.6. The van der Waals surface area contributed by atoms with Gasteiger partial charge in [0, 0.05) is 57.6 Å². The van der Waals surface area contributed by atoms with Crippen LogP contribution in [0.5, 0.6) is 5.88 Å². The first kappa shape index (κ1) is 16.5. The van der Waals surface area contributed by atoms with E-state index in [9.17, 15) is 0 Å². The smallest absolute Gasteiger partial charge is 0.228 e. The molecule has 0 radical (unpaired) electrons. The number of ether oxygens (including phenoxy) is 1. The van der Waals surface area contributed by atoms with Crippen molar-refractivity contribution in [3.05, 3.63) is 12.3 Å². The zero-order valence-corrected chi connectivity index (χ0v) is 14.4. The Kier molecular flexibility index (Phi) is 5.67. The van der Waals surface area contributed by atoms with Crippen molar-refractivity contribution in [1.29, 1.82) is 0 Å². The van der Waals surface area contributed by atoms with Crippen molar-refractivity contribution in [3.63, 3.8) is 0 Å². The average molecular weight is 319 g/mol. The minimum Gasteiger partial charge on any atom is -0.478 e. The van der Waals surface area contributed by atoms with E-state index in [0.29, 0.717) is 12.5 Å². The van der Waals surface area contributed by atoms with Crippen molar-refractivity contribution in [2.75, 3.05) is 57.3 Å². The molecule has 3 rings (SSSR count). The summed E-state index contributed by atoms with van der Waals surface area (Å²) in [5.41, 5.74) is 0. The molecule has 23 heavy (non-hydrogen) atoms. The molecule has 2 aliphatic heterocycles. The molecular weight excluding hydrogens is 290 g/mol. The molecule has 0 saturated carbocycles. The van der Waals surface area contributed by atoms with Gasteiger partial charge in [-0.3, -0.25) is 4.90 Å². The Balaban J connectivity index is 1.51. The van der Waals surface area contributed by atoms with Gasteiger partial charge in [-0.05, 0) is 26.3 Å². The van der Waals surface area contributed by atoms with Crippen LogP contribution < -0.4 is 9.64 Å². The summed E-state index contributed by atoms with van der Waals surface area (Å²) < 4.78 is 5.48. The second-order valence-electron chi connectivity index (χ2n) is 6.32. The lowest BCUT2D eigenvalue weighted by molar-refractivity contribution is 0.0877. The number of piperazine rings is 1. The third kappa shape index (κ3) is 4.12. The number of anilines is 1. The first-order valence-electron chi connectivity index (χ1n) is 8.97. The lowest BCUT2D eigenvalue weighted by Crippen LogP contribution is -2.53. The molecule has 0 bridgehead atoms. The molecule has 0 atom stereocenters. The molecule has 2 saturated heterocycles. The van der Waals surface area contributed by atoms with Gasteiger partial charge >= 0.3 is 0 Å². The number of likely N-dealkylation sites (N-methyl/N-ethyl adjacent to an activating group) is 1.